The highest BCUT2D eigenvalue weighted by molar-refractivity contribution is 5.95. The van der Waals surface area contributed by atoms with Crippen LogP contribution in [0.5, 0.6) is 11.5 Å². The molecule has 1 atom stereocenters. The fourth-order valence-corrected chi connectivity index (χ4v) is 5.69. The summed E-state index contributed by atoms with van der Waals surface area (Å²) in [6.07, 6.45) is -14.7. The first-order valence-corrected chi connectivity index (χ1v) is 14.9. The van der Waals surface area contributed by atoms with Gasteiger partial charge in [-0.3, -0.25) is 4.79 Å². The minimum atomic E-state index is -6.10. The van der Waals surface area contributed by atoms with E-state index >= 15 is 4.39 Å². The van der Waals surface area contributed by atoms with Crippen LogP contribution < -0.4 is 14.8 Å². The van der Waals surface area contributed by atoms with Crippen molar-refractivity contribution < 1.29 is 58.2 Å². The van der Waals surface area contributed by atoms with E-state index in [0.29, 0.717) is 24.5 Å². The van der Waals surface area contributed by atoms with Crippen LogP contribution in [-0.4, -0.2) is 24.3 Å². The highest BCUT2D eigenvalue weighted by Crippen LogP contribution is 2.42. The zero-order chi connectivity index (χ0) is 35.6. The lowest BCUT2D eigenvalue weighted by Gasteiger charge is -2.37. The molecule has 0 heterocycles. The van der Waals surface area contributed by atoms with Gasteiger partial charge in [-0.15, -0.1) is 0 Å². The second-order valence-corrected chi connectivity index (χ2v) is 11.5. The minimum absolute atomic E-state index is 0.0250. The van der Waals surface area contributed by atoms with Gasteiger partial charge in [0.2, 0.25) is 0 Å². The van der Waals surface area contributed by atoms with E-state index in [1.807, 2.05) is 0 Å². The van der Waals surface area contributed by atoms with Gasteiger partial charge in [-0.2, -0.15) is 35.1 Å². The Hall–Kier alpha value is -4.75. The lowest BCUT2D eigenvalue weighted by atomic mass is 9.77. The van der Waals surface area contributed by atoms with E-state index in [2.05, 4.69) is 10.1 Å². The van der Waals surface area contributed by atoms with Crippen molar-refractivity contribution in [2.75, 3.05) is 0 Å². The molecule has 4 nitrogen and oxygen atoms in total. The molecule has 1 amide bonds. The fraction of sp³-hybridized carbons (Fsp3) is 0.286. The molecular weight excluding hydrogens is 672 g/mol. The number of halogens is 10. The number of hydrogen-bond acceptors (Lipinski definition) is 3. The molecule has 260 valence electrons. The van der Waals surface area contributed by atoms with E-state index in [9.17, 15) is 44.3 Å². The molecule has 14 heteroatoms. The molecule has 0 radical (unpaired) electrons. The van der Waals surface area contributed by atoms with E-state index in [1.165, 1.54) is 18.2 Å². The van der Waals surface area contributed by atoms with Crippen LogP contribution >= 0.6 is 0 Å². The Morgan fingerprint density at radius 1 is 0.735 bits per heavy atom. The predicted octanol–water partition coefficient (Wildman–Crippen LogP) is 9.76. The number of ether oxygens (including phenoxy) is 2. The van der Waals surface area contributed by atoms with E-state index in [0.717, 1.165) is 43.2 Å². The van der Waals surface area contributed by atoms with Crippen molar-refractivity contribution in [3.05, 3.63) is 130 Å². The van der Waals surface area contributed by atoms with Crippen molar-refractivity contribution in [3.63, 3.8) is 0 Å². The maximum Gasteiger partial charge on any atom is 0.499 e. The van der Waals surface area contributed by atoms with Crippen LogP contribution in [0.1, 0.15) is 58.3 Å². The summed E-state index contributed by atoms with van der Waals surface area (Å²) in [7, 11) is 0. The number of alkyl halides is 8. The van der Waals surface area contributed by atoms with Crippen LogP contribution in [0.25, 0.3) is 0 Å². The average molecular weight is 700 g/mol. The summed E-state index contributed by atoms with van der Waals surface area (Å²) in [6.45, 7) is 0. The lowest BCUT2D eigenvalue weighted by molar-refractivity contribution is -0.360. The fourth-order valence-electron chi connectivity index (χ4n) is 5.69. The molecule has 49 heavy (non-hydrogen) atoms. The first-order valence-electron chi connectivity index (χ1n) is 14.9. The summed E-state index contributed by atoms with van der Waals surface area (Å²) < 4.78 is 147. The molecule has 5 rings (SSSR count). The zero-order valence-electron chi connectivity index (χ0n) is 25.3. The molecule has 0 aromatic heterocycles. The second-order valence-electron chi connectivity index (χ2n) is 11.5. The van der Waals surface area contributed by atoms with Crippen molar-refractivity contribution >= 4 is 5.91 Å². The van der Waals surface area contributed by atoms with Crippen LogP contribution in [0.4, 0.5) is 43.9 Å². The monoisotopic (exact) mass is 699 g/mol. The molecule has 1 fully saturated rings. The Labute approximate surface area is 273 Å². The van der Waals surface area contributed by atoms with Crippen LogP contribution in [0.2, 0.25) is 0 Å². The maximum absolute atomic E-state index is 15.2. The van der Waals surface area contributed by atoms with Gasteiger partial charge in [0.25, 0.3) is 5.91 Å². The second kappa shape index (κ2) is 13.6. The maximum atomic E-state index is 15.2. The molecule has 4 aromatic carbocycles. The number of benzene rings is 4. The molecule has 0 spiro atoms. The van der Waals surface area contributed by atoms with Gasteiger partial charge in [-0.05, 0) is 84.8 Å². The van der Waals surface area contributed by atoms with Gasteiger partial charge in [-0.1, -0.05) is 48.5 Å². The zero-order valence-corrected chi connectivity index (χ0v) is 25.3. The van der Waals surface area contributed by atoms with Gasteiger partial charge < -0.3 is 14.8 Å². The third kappa shape index (κ3) is 7.94. The number of amides is 1. The minimum Gasteiger partial charge on any atom is -0.487 e. The quantitative estimate of drug-likeness (QED) is 0.168. The molecule has 0 unspecified atom stereocenters. The Balaban J connectivity index is 1.72. The third-order valence-electron chi connectivity index (χ3n) is 8.10. The summed E-state index contributed by atoms with van der Waals surface area (Å²) in [5.41, 5.74) is -4.11. The van der Waals surface area contributed by atoms with Crippen molar-refractivity contribution in [3.8, 4) is 11.5 Å². The molecule has 0 bridgehead atoms. The van der Waals surface area contributed by atoms with Gasteiger partial charge in [0, 0.05) is 12.0 Å². The van der Waals surface area contributed by atoms with E-state index < -0.39 is 58.4 Å². The molecule has 4 aromatic rings. The topological polar surface area (TPSA) is 47.6 Å². The number of carbonyl (C=O) groups is 1. The van der Waals surface area contributed by atoms with Gasteiger partial charge in [-0.25, -0.2) is 8.78 Å². The molecule has 1 saturated carbocycles. The van der Waals surface area contributed by atoms with Gasteiger partial charge in [0.15, 0.2) is 11.6 Å². The Kier molecular flexibility index (Phi) is 9.89. The molecule has 0 aliphatic heterocycles. The van der Waals surface area contributed by atoms with Crippen LogP contribution in [-0.2, 0) is 18.1 Å². The number of rotatable bonds is 10. The third-order valence-corrected chi connectivity index (χ3v) is 8.10. The van der Waals surface area contributed by atoms with Crippen LogP contribution in [0.15, 0.2) is 91.0 Å². The summed E-state index contributed by atoms with van der Waals surface area (Å²) >= 11 is 0. The molecule has 1 aliphatic carbocycles. The van der Waals surface area contributed by atoms with Crippen LogP contribution in [0.3, 0.4) is 0 Å². The summed E-state index contributed by atoms with van der Waals surface area (Å²) in [4.78, 5) is 13.9. The van der Waals surface area contributed by atoms with Crippen molar-refractivity contribution in [1.82, 2.24) is 5.32 Å². The smallest absolute Gasteiger partial charge is 0.487 e. The summed E-state index contributed by atoms with van der Waals surface area (Å²) in [6, 6.07) is 17.0. The van der Waals surface area contributed by atoms with Gasteiger partial charge in [0.1, 0.15) is 11.6 Å². The number of nitrogens with one attached hydrogen (secondary N) is 1. The molecular formula is C35H27F10NO3. The van der Waals surface area contributed by atoms with Crippen molar-refractivity contribution in [2.24, 2.45) is 0 Å². The predicted molar refractivity (Wildman–Crippen MR) is 157 cm³/mol. The first kappa shape index (κ1) is 35.6. The van der Waals surface area contributed by atoms with E-state index in [4.69, 9.17) is 4.74 Å². The Morgan fingerprint density at radius 3 is 2.04 bits per heavy atom. The standard InChI is InChI=1S/C35H27F10NO3/c36-28-15-13-22(17-27(28)33(38,39)40)31(47)46-32(20-21-7-2-1-3-8-21,23-9-6-12-26(18-23)49-35(44,45)34(41,42)43)24-14-16-29(37)30(19-24)48-25-10-4-5-11-25/h1-3,6-9,12-19,25H,4-5,10-11,20H2,(H,46,47)/t32-/m1/s1. The highest BCUT2D eigenvalue weighted by Gasteiger charge is 2.61. The number of carbonyl (C=O) groups excluding carboxylic acids is 1. The van der Waals surface area contributed by atoms with E-state index in [-0.39, 0.29) is 35.5 Å². The van der Waals surface area contributed by atoms with Gasteiger partial charge in [0.05, 0.1) is 17.2 Å². The SMILES string of the molecule is O=C(N[C@](Cc1ccccc1)(c1cccc(OC(F)(F)C(F)(F)F)c1)c1ccc(F)c(OC2CCCC2)c1)c1ccc(F)c(C(F)(F)F)c1. The number of hydrogen-bond donors (Lipinski definition) is 1. The first-order chi connectivity index (χ1) is 23.0. The van der Waals surface area contributed by atoms with Crippen molar-refractivity contribution in [2.45, 2.75) is 62.2 Å². The molecule has 1 N–H and O–H groups in total. The average Bonchev–Trinajstić information content (AvgIpc) is 3.54. The lowest BCUT2D eigenvalue weighted by Crippen LogP contribution is -2.49. The van der Waals surface area contributed by atoms with Crippen LogP contribution in [0, 0.1) is 11.6 Å². The highest BCUT2D eigenvalue weighted by atomic mass is 19.4. The normalized spacial score (nSPS) is 15.5. The largest absolute Gasteiger partial charge is 0.499 e. The van der Waals surface area contributed by atoms with Gasteiger partial charge >= 0.3 is 18.5 Å². The van der Waals surface area contributed by atoms with Crippen molar-refractivity contribution in [1.29, 1.82) is 0 Å². The summed E-state index contributed by atoms with van der Waals surface area (Å²) in [5, 5.41) is 2.61. The Bertz CT molecular complexity index is 1790. The summed E-state index contributed by atoms with van der Waals surface area (Å²) in [5.74, 6) is -4.89. The molecule has 1 aliphatic rings. The Morgan fingerprint density at radius 2 is 1.39 bits per heavy atom. The molecule has 0 saturated heterocycles. The van der Waals surface area contributed by atoms with E-state index in [1.54, 1.807) is 30.3 Å².